The van der Waals surface area contributed by atoms with Gasteiger partial charge in [-0.1, -0.05) is 25.1 Å². The molecule has 0 unspecified atom stereocenters. The maximum absolute atomic E-state index is 12.2. The quantitative estimate of drug-likeness (QED) is 0.491. The molecule has 3 rings (SSSR count). The highest BCUT2D eigenvalue weighted by Crippen LogP contribution is 2.30. The van der Waals surface area contributed by atoms with Crippen LogP contribution < -0.4 is 10.1 Å². The van der Waals surface area contributed by atoms with Gasteiger partial charge in [0.1, 0.15) is 11.8 Å². The number of benzene rings is 2. The van der Waals surface area contributed by atoms with Gasteiger partial charge in [0.15, 0.2) is 11.8 Å². The predicted molar refractivity (Wildman–Crippen MR) is 117 cm³/mol. The summed E-state index contributed by atoms with van der Waals surface area (Å²) in [7, 11) is 0. The van der Waals surface area contributed by atoms with Crippen molar-refractivity contribution in [1.82, 2.24) is 5.32 Å². The van der Waals surface area contributed by atoms with Crippen molar-refractivity contribution in [2.24, 2.45) is 4.99 Å². The zero-order valence-corrected chi connectivity index (χ0v) is 17.5. The first-order chi connectivity index (χ1) is 13.1. The van der Waals surface area contributed by atoms with Gasteiger partial charge < -0.3 is 10.1 Å². The smallest absolute Gasteiger partial charge is 0.264 e. The molecule has 0 atom stereocenters. The Kier molecular flexibility index (Phi) is 6.53. The normalized spacial score (nSPS) is 16.4. The Morgan fingerprint density at radius 1 is 1.30 bits per heavy atom. The number of rotatable bonds is 5. The highest BCUT2D eigenvalue weighted by Gasteiger charge is 2.23. The van der Waals surface area contributed by atoms with E-state index < -0.39 is 0 Å². The molecule has 136 valence electrons. The number of hydrogen-bond acceptors (Lipinski definition) is 5. The average Bonchev–Trinajstić information content (AvgIpc) is 3.00. The maximum Gasteiger partial charge on any atom is 0.264 e. The molecular formula is C20H16IN3O2S. The number of carbonyl (C=O) groups is 1. The van der Waals surface area contributed by atoms with Gasteiger partial charge in [-0.05, 0) is 82.2 Å². The Hall–Kier alpha value is -2.31. The van der Waals surface area contributed by atoms with Crippen LogP contribution in [-0.4, -0.2) is 17.7 Å². The van der Waals surface area contributed by atoms with Crippen molar-refractivity contribution < 1.29 is 9.53 Å². The summed E-state index contributed by atoms with van der Waals surface area (Å²) in [5, 5.41) is 12.0. The Balaban J connectivity index is 1.75. The number of nitrogens with one attached hydrogen (secondary N) is 1. The van der Waals surface area contributed by atoms with Crippen LogP contribution in [-0.2, 0) is 11.2 Å². The summed E-state index contributed by atoms with van der Waals surface area (Å²) >= 11 is 3.46. The lowest BCUT2D eigenvalue weighted by molar-refractivity contribution is -0.115. The summed E-state index contributed by atoms with van der Waals surface area (Å²) < 4.78 is 6.22. The van der Waals surface area contributed by atoms with Crippen LogP contribution in [0.25, 0.3) is 6.08 Å². The summed E-state index contributed by atoms with van der Waals surface area (Å²) in [5.74, 6) is 0.490. The number of hydrogen-bond donors (Lipinski definition) is 1. The minimum Gasteiger partial charge on any atom is -0.478 e. The molecule has 1 aliphatic rings. The first-order valence-corrected chi connectivity index (χ1v) is 10.2. The van der Waals surface area contributed by atoms with E-state index in [0.29, 0.717) is 15.8 Å². The van der Waals surface area contributed by atoms with Crippen LogP contribution in [0.2, 0.25) is 0 Å². The molecule has 2 aromatic rings. The van der Waals surface area contributed by atoms with E-state index in [1.165, 1.54) is 17.3 Å². The lowest BCUT2D eigenvalue weighted by Crippen LogP contribution is -2.19. The summed E-state index contributed by atoms with van der Waals surface area (Å²) in [6.07, 6.45) is 2.80. The van der Waals surface area contributed by atoms with Crippen molar-refractivity contribution in [3.05, 3.63) is 62.1 Å². The number of nitriles is 1. The minimum absolute atomic E-state index is 0.00769. The molecule has 2 aromatic carbocycles. The largest absolute Gasteiger partial charge is 0.478 e. The number of nitrogens with zero attached hydrogens (tertiary/aromatic N) is 2. The second kappa shape index (κ2) is 9.06. The molecule has 1 fully saturated rings. The Bertz CT molecular complexity index is 962. The first kappa shape index (κ1) is 19.5. The van der Waals surface area contributed by atoms with Gasteiger partial charge in [0.05, 0.1) is 14.2 Å². The highest BCUT2D eigenvalue weighted by molar-refractivity contribution is 14.1. The van der Waals surface area contributed by atoms with E-state index in [2.05, 4.69) is 39.8 Å². The van der Waals surface area contributed by atoms with Crippen LogP contribution in [0, 0.1) is 14.9 Å². The van der Waals surface area contributed by atoms with Crippen LogP contribution in [0.15, 0.2) is 52.4 Å². The zero-order chi connectivity index (χ0) is 19.2. The third-order valence-corrected chi connectivity index (χ3v) is 5.52. The van der Waals surface area contributed by atoms with Crippen LogP contribution in [0.5, 0.6) is 5.75 Å². The molecule has 1 aliphatic heterocycles. The van der Waals surface area contributed by atoms with Gasteiger partial charge in [-0.15, -0.1) is 0 Å². The molecule has 0 bridgehead atoms. The van der Waals surface area contributed by atoms with Crippen LogP contribution in [0.4, 0.5) is 5.69 Å². The molecule has 5 nitrogen and oxygen atoms in total. The van der Waals surface area contributed by atoms with Crippen molar-refractivity contribution in [2.45, 2.75) is 13.3 Å². The molecule has 0 radical (unpaired) electrons. The van der Waals surface area contributed by atoms with Gasteiger partial charge >= 0.3 is 0 Å². The molecule has 1 N–H and O–H groups in total. The van der Waals surface area contributed by atoms with E-state index in [1.54, 1.807) is 6.07 Å². The van der Waals surface area contributed by atoms with E-state index >= 15 is 0 Å². The zero-order valence-electron chi connectivity index (χ0n) is 14.5. The molecule has 27 heavy (non-hydrogen) atoms. The van der Waals surface area contributed by atoms with E-state index in [9.17, 15) is 4.79 Å². The monoisotopic (exact) mass is 489 g/mol. The second-order valence-corrected chi connectivity index (χ2v) is 7.83. The number of aliphatic imine (C=N–C) groups is 1. The van der Waals surface area contributed by atoms with Crippen LogP contribution in [0.3, 0.4) is 0 Å². The SMILES string of the molecule is CCc1ccc(N=C2NC(=O)/C(=C/c3ccc(OCC#N)c(I)c3)S2)cc1. The third-order valence-electron chi connectivity index (χ3n) is 3.77. The molecule has 1 amide bonds. The van der Waals surface area contributed by atoms with Gasteiger partial charge in [-0.25, -0.2) is 4.99 Å². The van der Waals surface area contributed by atoms with Crippen molar-refractivity contribution in [3.8, 4) is 11.8 Å². The van der Waals surface area contributed by atoms with Crippen LogP contribution >= 0.6 is 34.4 Å². The van der Waals surface area contributed by atoms with E-state index in [4.69, 9.17) is 10.00 Å². The van der Waals surface area contributed by atoms with Crippen LogP contribution in [0.1, 0.15) is 18.1 Å². The van der Waals surface area contributed by atoms with E-state index in [1.807, 2.05) is 48.5 Å². The van der Waals surface area contributed by atoms with Gasteiger partial charge in [0, 0.05) is 0 Å². The average molecular weight is 489 g/mol. The molecule has 0 saturated carbocycles. The molecule has 7 heteroatoms. The molecule has 0 aliphatic carbocycles. The second-order valence-electron chi connectivity index (χ2n) is 5.64. The highest BCUT2D eigenvalue weighted by atomic mass is 127. The van der Waals surface area contributed by atoms with Crippen molar-refractivity contribution in [2.75, 3.05) is 6.61 Å². The van der Waals surface area contributed by atoms with Gasteiger partial charge in [0.2, 0.25) is 0 Å². The Morgan fingerprint density at radius 3 is 2.74 bits per heavy atom. The fourth-order valence-corrected chi connectivity index (χ4v) is 3.93. The maximum atomic E-state index is 12.2. The summed E-state index contributed by atoms with van der Waals surface area (Å²) in [6.45, 7) is 2.11. The summed E-state index contributed by atoms with van der Waals surface area (Å²) in [6, 6.07) is 15.5. The standard InChI is InChI=1S/C20H16IN3O2S/c1-2-13-3-6-15(7-4-13)23-20-24-19(25)18(27-20)12-14-5-8-17(16(21)11-14)26-10-9-22/h3-8,11-12H,2,10H2,1H3,(H,23,24,25)/b18-12-. The number of halogens is 1. The van der Waals surface area contributed by atoms with Gasteiger partial charge in [-0.2, -0.15) is 5.26 Å². The molecule has 1 saturated heterocycles. The summed E-state index contributed by atoms with van der Waals surface area (Å²) in [5.41, 5.74) is 2.94. The predicted octanol–water partition coefficient (Wildman–Crippen LogP) is 4.65. The molecular weight excluding hydrogens is 473 g/mol. The number of aryl methyl sites for hydroxylation is 1. The fourth-order valence-electron chi connectivity index (χ4n) is 2.39. The fraction of sp³-hybridized carbons (Fsp3) is 0.150. The lowest BCUT2D eigenvalue weighted by atomic mass is 10.2. The van der Waals surface area contributed by atoms with Crippen molar-refractivity contribution in [3.63, 3.8) is 0 Å². The molecule has 0 aromatic heterocycles. The van der Waals surface area contributed by atoms with Gasteiger partial charge in [0.25, 0.3) is 5.91 Å². The van der Waals surface area contributed by atoms with E-state index in [-0.39, 0.29) is 12.5 Å². The topological polar surface area (TPSA) is 74.5 Å². The number of amidine groups is 1. The lowest BCUT2D eigenvalue weighted by Gasteiger charge is -2.05. The molecule has 0 spiro atoms. The first-order valence-electron chi connectivity index (χ1n) is 8.27. The Morgan fingerprint density at radius 2 is 2.07 bits per heavy atom. The number of ether oxygens (including phenoxy) is 1. The van der Waals surface area contributed by atoms with Gasteiger partial charge in [-0.3, -0.25) is 4.79 Å². The van der Waals surface area contributed by atoms with Crippen molar-refractivity contribution in [1.29, 1.82) is 5.26 Å². The number of amides is 1. The minimum atomic E-state index is -0.163. The Labute approximate surface area is 175 Å². The third kappa shape index (κ3) is 5.11. The van der Waals surface area contributed by atoms with E-state index in [0.717, 1.165) is 21.2 Å². The number of thioether (sulfide) groups is 1. The van der Waals surface area contributed by atoms with Crippen molar-refractivity contribution >= 4 is 57.2 Å². The number of carbonyl (C=O) groups excluding carboxylic acids is 1. The summed E-state index contributed by atoms with van der Waals surface area (Å²) in [4.78, 5) is 17.3. The molecule has 1 heterocycles.